The molecule has 0 saturated carbocycles. The van der Waals surface area contributed by atoms with Gasteiger partial charge in [0.2, 0.25) is 5.91 Å². The van der Waals surface area contributed by atoms with Crippen LogP contribution < -0.4 is 19.1 Å². The van der Waals surface area contributed by atoms with Crippen LogP contribution in [0.25, 0.3) is 11.3 Å². The summed E-state index contributed by atoms with van der Waals surface area (Å²) < 4.78 is 41.9. The van der Waals surface area contributed by atoms with Crippen LogP contribution in [-0.2, 0) is 4.79 Å². The molecule has 0 aliphatic carbocycles. The van der Waals surface area contributed by atoms with E-state index in [1.54, 1.807) is 4.90 Å². The molecule has 5 rings (SSSR count). The Labute approximate surface area is 187 Å². The summed E-state index contributed by atoms with van der Waals surface area (Å²) in [4.78, 5) is 24.2. The van der Waals surface area contributed by atoms with Crippen LogP contribution in [-0.4, -0.2) is 60.4 Å². The number of hydrogen-bond acceptors (Lipinski definition) is 8. The number of nitriles is 1. The molecule has 1 aromatic heterocycles. The number of aromatic nitrogens is 2. The molecule has 1 aromatic carbocycles. The summed E-state index contributed by atoms with van der Waals surface area (Å²) >= 11 is 0. The number of halogens is 2. The number of likely N-dealkylation sites (tertiary alicyclic amines) is 1. The number of alkyl halides is 2. The Morgan fingerprint density at radius 2 is 2.09 bits per heavy atom. The van der Waals surface area contributed by atoms with Crippen molar-refractivity contribution in [1.29, 1.82) is 5.26 Å². The zero-order valence-electron chi connectivity index (χ0n) is 17.7. The third kappa shape index (κ3) is 3.38. The zero-order chi connectivity index (χ0) is 23.4. The average molecular weight is 455 g/mol. The summed E-state index contributed by atoms with van der Waals surface area (Å²) in [6.45, 7) is 5.89. The number of nitrogens with zero attached hydrogens (tertiary/aromatic N) is 5. The number of amides is 1. The molecule has 4 heterocycles. The number of rotatable bonds is 4. The van der Waals surface area contributed by atoms with E-state index in [4.69, 9.17) is 9.47 Å². The number of anilines is 1. The highest BCUT2D eigenvalue weighted by molar-refractivity contribution is 5.88. The lowest BCUT2D eigenvalue weighted by Gasteiger charge is -2.47. The van der Waals surface area contributed by atoms with Crippen LogP contribution in [0.2, 0.25) is 0 Å². The van der Waals surface area contributed by atoms with E-state index >= 15 is 0 Å². The summed E-state index contributed by atoms with van der Waals surface area (Å²) in [5.74, 6) is -0.129. The first-order valence-corrected chi connectivity index (χ1v) is 10.2. The number of hydrogen-bond donors (Lipinski definition) is 0. The lowest BCUT2D eigenvalue weighted by atomic mass is 9.79. The van der Waals surface area contributed by atoms with E-state index in [2.05, 4.69) is 27.4 Å². The van der Waals surface area contributed by atoms with Gasteiger partial charge in [-0.2, -0.15) is 15.2 Å². The fraction of sp³-hybridized carbons (Fsp3) is 0.364. The predicted molar refractivity (Wildman–Crippen MR) is 111 cm³/mol. The van der Waals surface area contributed by atoms with E-state index in [1.807, 2.05) is 4.90 Å². The number of methoxy groups -OCH3 is 1. The number of carbonyl (C=O) groups excluding carboxylic acids is 1. The molecule has 3 aliphatic heterocycles. The molecule has 0 atom stereocenters. The van der Waals surface area contributed by atoms with Crippen molar-refractivity contribution in [2.45, 2.75) is 12.7 Å². The van der Waals surface area contributed by atoms with Crippen molar-refractivity contribution in [3.63, 3.8) is 0 Å². The fourth-order valence-electron chi connectivity index (χ4n) is 4.62. The van der Waals surface area contributed by atoms with Gasteiger partial charge in [-0.1, -0.05) is 12.6 Å². The zero-order valence-corrected chi connectivity index (χ0v) is 17.7. The van der Waals surface area contributed by atoms with Gasteiger partial charge >= 0.3 is 12.3 Å². The van der Waals surface area contributed by atoms with Crippen LogP contribution in [0.5, 0.6) is 17.5 Å². The Hall–Kier alpha value is -3.94. The molecule has 11 heteroatoms. The van der Waals surface area contributed by atoms with Crippen LogP contribution in [0.3, 0.4) is 0 Å². The van der Waals surface area contributed by atoms with Crippen LogP contribution >= 0.6 is 0 Å². The average Bonchev–Trinajstić information content (AvgIpc) is 3.36. The van der Waals surface area contributed by atoms with E-state index in [0.717, 1.165) is 6.42 Å². The first kappa shape index (κ1) is 20.9. The van der Waals surface area contributed by atoms with Gasteiger partial charge < -0.3 is 24.0 Å². The smallest absolute Gasteiger partial charge is 0.467 e. The summed E-state index contributed by atoms with van der Waals surface area (Å²) in [5, 5.41) is 10.0. The second kappa shape index (κ2) is 7.30. The van der Waals surface area contributed by atoms with Crippen molar-refractivity contribution in [3.8, 4) is 34.8 Å². The number of fused-ring (bicyclic) bond motifs is 1. The quantitative estimate of drug-likeness (QED) is 0.649. The minimum Gasteiger partial charge on any atom is -0.467 e. The largest absolute Gasteiger partial charge is 0.586 e. The molecule has 1 amide bonds. The van der Waals surface area contributed by atoms with Gasteiger partial charge in [0.05, 0.1) is 7.11 Å². The fourth-order valence-corrected chi connectivity index (χ4v) is 4.62. The van der Waals surface area contributed by atoms with Crippen molar-refractivity contribution in [2.24, 2.45) is 5.41 Å². The molecule has 0 radical (unpaired) electrons. The van der Waals surface area contributed by atoms with Gasteiger partial charge in [0, 0.05) is 37.2 Å². The van der Waals surface area contributed by atoms with Crippen LogP contribution in [0.4, 0.5) is 14.6 Å². The van der Waals surface area contributed by atoms with Gasteiger partial charge in [-0.25, -0.2) is 0 Å². The molecular formula is C22H19F2N5O4. The monoisotopic (exact) mass is 455 g/mol. The Morgan fingerprint density at radius 1 is 1.30 bits per heavy atom. The van der Waals surface area contributed by atoms with Gasteiger partial charge in [0.1, 0.15) is 17.3 Å². The standard InChI is InChI=1S/C22H19F2N5O4/c1-3-16(30)29-11-21(12-29)7-8-28(10-21)19-14(9-25)17(26-20(27-19)31-2)13-5-4-6-15-18(13)33-22(23,24)32-15/h3-6H,1,7-8,10-12H2,2H3. The predicted octanol–water partition coefficient (Wildman–Crippen LogP) is 2.57. The van der Waals surface area contributed by atoms with Gasteiger partial charge in [0.15, 0.2) is 17.3 Å². The number of benzene rings is 1. The summed E-state index contributed by atoms with van der Waals surface area (Å²) in [7, 11) is 1.38. The Morgan fingerprint density at radius 3 is 2.79 bits per heavy atom. The summed E-state index contributed by atoms with van der Waals surface area (Å²) in [5.41, 5.74) is 0.286. The molecule has 0 bridgehead atoms. The van der Waals surface area contributed by atoms with Gasteiger partial charge in [-0.3, -0.25) is 4.79 Å². The van der Waals surface area contributed by atoms with E-state index in [9.17, 15) is 18.8 Å². The molecule has 33 heavy (non-hydrogen) atoms. The second-order valence-electron chi connectivity index (χ2n) is 8.24. The lowest BCUT2D eigenvalue weighted by Crippen LogP contribution is -2.59. The third-order valence-corrected chi connectivity index (χ3v) is 6.12. The van der Waals surface area contributed by atoms with E-state index in [1.165, 1.54) is 31.4 Å². The van der Waals surface area contributed by atoms with Crippen LogP contribution in [0, 0.1) is 16.7 Å². The van der Waals surface area contributed by atoms with Gasteiger partial charge in [-0.05, 0) is 24.6 Å². The second-order valence-corrected chi connectivity index (χ2v) is 8.24. The molecule has 1 spiro atoms. The minimum atomic E-state index is -3.81. The molecular weight excluding hydrogens is 436 g/mol. The first-order chi connectivity index (χ1) is 15.8. The van der Waals surface area contributed by atoms with Crippen LogP contribution in [0.1, 0.15) is 12.0 Å². The maximum Gasteiger partial charge on any atom is 0.586 e. The Bertz CT molecular complexity index is 1210. The molecule has 2 aromatic rings. The van der Waals surface area contributed by atoms with Crippen molar-refractivity contribution in [3.05, 3.63) is 36.4 Å². The summed E-state index contributed by atoms with van der Waals surface area (Å²) in [6.07, 6.45) is -1.71. The highest BCUT2D eigenvalue weighted by Gasteiger charge is 2.50. The van der Waals surface area contributed by atoms with E-state index in [0.29, 0.717) is 32.0 Å². The number of ether oxygens (including phenoxy) is 3. The Balaban J connectivity index is 1.53. The molecule has 2 fully saturated rings. The molecule has 2 saturated heterocycles. The highest BCUT2D eigenvalue weighted by atomic mass is 19.3. The van der Waals surface area contributed by atoms with Crippen molar-refractivity contribution >= 4 is 11.7 Å². The maximum absolute atomic E-state index is 13.7. The highest BCUT2D eigenvalue weighted by Crippen LogP contribution is 2.49. The molecule has 0 N–H and O–H groups in total. The van der Waals surface area contributed by atoms with E-state index in [-0.39, 0.29) is 45.7 Å². The minimum absolute atomic E-state index is 0.0136. The van der Waals surface area contributed by atoms with Crippen molar-refractivity contribution in [2.75, 3.05) is 38.2 Å². The molecule has 9 nitrogen and oxygen atoms in total. The van der Waals surface area contributed by atoms with Crippen molar-refractivity contribution in [1.82, 2.24) is 14.9 Å². The maximum atomic E-state index is 13.7. The first-order valence-electron chi connectivity index (χ1n) is 10.2. The van der Waals surface area contributed by atoms with Gasteiger partial charge in [0.25, 0.3) is 0 Å². The Kier molecular flexibility index (Phi) is 4.63. The SMILES string of the molecule is C=CC(=O)N1CC2(CCN(c3nc(OC)nc(-c4cccc5c4OC(F)(F)O5)c3C#N)C2)C1. The molecule has 3 aliphatic rings. The van der Waals surface area contributed by atoms with Crippen LogP contribution in [0.15, 0.2) is 30.9 Å². The number of para-hydroxylation sites is 1. The number of carbonyl (C=O) groups is 1. The molecule has 0 unspecified atom stereocenters. The topological polar surface area (TPSA) is 101 Å². The van der Waals surface area contributed by atoms with Crippen molar-refractivity contribution < 1.29 is 27.8 Å². The van der Waals surface area contributed by atoms with E-state index < -0.39 is 6.29 Å². The molecule has 170 valence electrons. The normalized spacial score (nSPS) is 19.2. The van der Waals surface area contributed by atoms with Gasteiger partial charge in [-0.15, -0.1) is 8.78 Å². The summed E-state index contributed by atoms with van der Waals surface area (Å²) in [6, 6.07) is 6.49. The third-order valence-electron chi connectivity index (χ3n) is 6.12. The lowest BCUT2D eigenvalue weighted by molar-refractivity contribution is -0.286.